The fraction of sp³-hybridized carbons (Fsp3) is 0.176. The molecule has 0 saturated carbocycles. The summed E-state index contributed by atoms with van der Waals surface area (Å²) < 4.78 is 5.46. The SMILES string of the molecule is CCOc1ccc(N2C(S)=C(C#N)C(=O)N[C@H]2c2cccs2)cc1. The molecule has 1 aliphatic rings. The summed E-state index contributed by atoms with van der Waals surface area (Å²) in [5.41, 5.74) is 0.814. The molecule has 122 valence electrons. The predicted molar refractivity (Wildman–Crippen MR) is 96.9 cm³/mol. The van der Waals surface area contributed by atoms with Crippen LogP contribution in [0.4, 0.5) is 5.69 Å². The molecule has 1 aromatic heterocycles. The van der Waals surface area contributed by atoms with E-state index in [4.69, 9.17) is 4.74 Å². The predicted octanol–water partition coefficient (Wildman–Crippen LogP) is 3.45. The molecule has 5 nitrogen and oxygen atoms in total. The maximum Gasteiger partial charge on any atom is 0.266 e. The molecular formula is C17H15N3O2S2. The van der Waals surface area contributed by atoms with Crippen LogP contribution in [-0.2, 0) is 4.79 Å². The number of benzene rings is 1. The number of thiophene rings is 1. The molecule has 0 saturated heterocycles. The number of thiol groups is 1. The molecule has 0 radical (unpaired) electrons. The molecule has 24 heavy (non-hydrogen) atoms. The van der Waals surface area contributed by atoms with Gasteiger partial charge in [-0.2, -0.15) is 5.26 Å². The van der Waals surface area contributed by atoms with Gasteiger partial charge in [0.25, 0.3) is 5.91 Å². The summed E-state index contributed by atoms with van der Waals surface area (Å²) in [5.74, 6) is 0.350. The molecular weight excluding hydrogens is 342 g/mol. The molecule has 1 aromatic carbocycles. The minimum Gasteiger partial charge on any atom is -0.494 e. The summed E-state index contributed by atoms with van der Waals surface area (Å²) in [4.78, 5) is 15.0. The average molecular weight is 357 g/mol. The zero-order chi connectivity index (χ0) is 17.1. The van der Waals surface area contributed by atoms with Gasteiger partial charge in [0, 0.05) is 10.6 Å². The molecule has 7 heteroatoms. The Balaban J connectivity index is 2.06. The lowest BCUT2D eigenvalue weighted by Crippen LogP contribution is -2.45. The van der Waals surface area contributed by atoms with Crippen molar-refractivity contribution >= 4 is 35.6 Å². The third kappa shape index (κ3) is 2.98. The first-order chi connectivity index (χ1) is 11.7. The molecule has 1 aliphatic heterocycles. The van der Waals surface area contributed by atoms with E-state index in [-0.39, 0.29) is 5.57 Å². The van der Waals surface area contributed by atoms with Crippen LogP contribution < -0.4 is 15.0 Å². The second-order valence-corrected chi connectivity index (χ2v) is 6.40. The Morgan fingerprint density at radius 1 is 1.38 bits per heavy atom. The number of hydrogen-bond donors (Lipinski definition) is 2. The Bertz CT molecular complexity index is 807. The number of nitrogens with one attached hydrogen (secondary N) is 1. The second kappa shape index (κ2) is 6.99. The van der Waals surface area contributed by atoms with E-state index in [1.807, 2.05) is 59.7 Å². The first-order valence-corrected chi connectivity index (χ1v) is 8.68. The molecule has 0 bridgehead atoms. The van der Waals surface area contributed by atoms with E-state index in [1.54, 1.807) is 0 Å². The van der Waals surface area contributed by atoms with E-state index in [0.29, 0.717) is 11.6 Å². The highest BCUT2D eigenvalue weighted by Crippen LogP contribution is 2.37. The van der Waals surface area contributed by atoms with E-state index in [1.165, 1.54) is 11.3 Å². The van der Waals surface area contributed by atoms with Crippen LogP contribution >= 0.6 is 24.0 Å². The van der Waals surface area contributed by atoms with Crippen LogP contribution in [0.5, 0.6) is 5.75 Å². The zero-order valence-electron chi connectivity index (χ0n) is 12.9. The summed E-state index contributed by atoms with van der Waals surface area (Å²) >= 11 is 5.99. The van der Waals surface area contributed by atoms with Crippen molar-refractivity contribution in [3.63, 3.8) is 0 Å². The van der Waals surface area contributed by atoms with Crippen LogP contribution in [0.3, 0.4) is 0 Å². The quantitative estimate of drug-likeness (QED) is 0.823. The van der Waals surface area contributed by atoms with Gasteiger partial charge >= 0.3 is 0 Å². The molecule has 0 fully saturated rings. The van der Waals surface area contributed by atoms with Crippen LogP contribution in [0.15, 0.2) is 52.4 Å². The maximum atomic E-state index is 12.2. The van der Waals surface area contributed by atoms with E-state index in [0.717, 1.165) is 16.3 Å². The fourth-order valence-electron chi connectivity index (χ4n) is 2.49. The van der Waals surface area contributed by atoms with Crippen LogP contribution in [0.25, 0.3) is 0 Å². The highest BCUT2D eigenvalue weighted by atomic mass is 32.1. The Kier molecular flexibility index (Phi) is 4.79. The summed E-state index contributed by atoms with van der Waals surface area (Å²) in [6, 6.07) is 13.3. The number of amides is 1. The van der Waals surface area contributed by atoms with Gasteiger partial charge in [0.15, 0.2) is 0 Å². The Morgan fingerprint density at radius 2 is 2.12 bits per heavy atom. The van der Waals surface area contributed by atoms with E-state index < -0.39 is 12.1 Å². The number of carbonyl (C=O) groups is 1. The number of carbonyl (C=O) groups excluding carboxylic acids is 1. The van der Waals surface area contributed by atoms with Crippen LogP contribution in [0.2, 0.25) is 0 Å². The Morgan fingerprint density at radius 3 is 2.71 bits per heavy atom. The number of anilines is 1. The molecule has 0 unspecified atom stereocenters. The van der Waals surface area contributed by atoms with Crippen molar-refractivity contribution in [1.29, 1.82) is 5.26 Å². The number of rotatable bonds is 4. The van der Waals surface area contributed by atoms with Crippen molar-refractivity contribution < 1.29 is 9.53 Å². The Hall–Kier alpha value is -2.43. The topological polar surface area (TPSA) is 65.4 Å². The largest absolute Gasteiger partial charge is 0.494 e. The summed E-state index contributed by atoms with van der Waals surface area (Å²) in [5, 5.41) is 14.4. The summed E-state index contributed by atoms with van der Waals surface area (Å²) in [7, 11) is 0. The number of nitrogens with zero attached hydrogens (tertiary/aromatic N) is 2. The van der Waals surface area contributed by atoms with Gasteiger partial charge in [-0.3, -0.25) is 4.79 Å². The molecule has 0 spiro atoms. The van der Waals surface area contributed by atoms with Gasteiger partial charge in [0.2, 0.25) is 0 Å². The minimum atomic E-state index is -0.414. The lowest BCUT2D eigenvalue weighted by Gasteiger charge is -2.37. The summed E-state index contributed by atoms with van der Waals surface area (Å²) in [6.07, 6.45) is -0.403. The molecule has 0 aliphatic carbocycles. The third-order valence-corrected chi connectivity index (χ3v) is 4.92. The number of nitriles is 1. The molecule has 1 atom stereocenters. The second-order valence-electron chi connectivity index (χ2n) is 5.00. The van der Waals surface area contributed by atoms with Gasteiger partial charge in [0.1, 0.15) is 23.6 Å². The van der Waals surface area contributed by atoms with Crippen molar-refractivity contribution in [2.45, 2.75) is 13.1 Å². The monoisotopic (exact) mass is 357 g/mol. The van der Waals surface area contributed by atoms with Crippen molar-refractivity contribution in [3.8, 4) is 11.8 Å². The van der Waals surface area contributed by atoms with Crippen molar-refractivity contribution in [2.24, 2.45) is 0 Å². The lowest BCUT2D eigenvalue weighted by atomic mass is 10.1. The van der Waals surface area contributed by atoms with Gasteiger partial charge in [-0.05, 0) is 42.6 Å². The molecule has 2 heterocycles. The standard InChI is InChI=1S/C17H15N3O2S2/c1-2-22-12-7-5-11(6-8-12)20-15(14-4-3-9-24-14)19-16(21)13(10-18)17(20)23/h3-9,15,23H,2H2,1H3,(H,19,21)/t15-/m1/s1. The van der Waals surface area contributed by atoms with Gasteiger partial charge in [-0.25, -0.2) is 0 Å². The minimum absolute atomic E-state index is 0.0000224. The van der Waals surface area contributed by atoms with E-state index in [2.05, 4.69) is 17.9 Å². The highest BCUT2D eigenvalue weighted by Gasteiger charge is 2.34. The van der Waals surface area contributed by atoms with Crippen molar-refractivity contribution in [1.82, 2.24) is 5.32 Å². The van der Waals surface area contributed by atoms with Crippen molar-refractivity contribution in [3.05, 3.63) is 57.3 Å². The van der Waals surface area contributed by atoms with Crippen LogP contribution in [-0.4, -0.2) is 12.5 Å². The third-order valence-electron chi connectivity index (χ3n) is 3.56. The molecule has 3 rings (SSSR count). The Labute approximate surface area is 149 Å². The zero-order valence-corrected chi connectivity index (χ0v) is 14.6. The lowest BCUT2D eigenvalue weighted by molar-refractivity contribution is -0.118. The van der Waals surface area contributed by atoms with Gasteiger partial charge < -0.3 is 15.0 Å². The first kappa shape index (κ1) is 16.4. The van der Waals surface area contributed by atoms with Gasteiger partial charge in [0.05, 0.1) is 11.6 Å². The molecule has 2 aromatic rings. The normalized spacial score (nSPS) is 17.5. The highest BCUT2D eigenvalue weighted by molar-refractivity contribution is 7.84. The first-order valence-electron chi connectivity index (χ1n) is 7.35. The summed E-state index contributed by atoms with van der Waals surface area (Å²) in [6.45, 7) is 2.52. The van der Waals surface area contributed by atoms with Crippen LogP contribution in [0.1, 0.15) is 18.0 Å². The van der Waals surface area contributed by atoms with E-state index in [9.17, 15) is 10.1 Å². The van der Waals surface area contributed by atoms with E-state index >= 15 is 0 Å². The molecule has 1 amide bonds. The fourth-order valence-corrected chi connectivity index (χ4v) is 3.64. The number of hydrogen-bond acceptors (Lipinski definition) is 6. The van der Waals surface area contributed by atoms with Gasteiger partial charge in [-0.15, -0.1) is 24.0 Å². The maximum absolute atomic E-state index is 12.2. The molecule has 1 N–H and O–H groups in total. The van der Waals surface area contributed by atoms with Crippen LogP contribution in [0, 0.1) is 11.3 Å². The van der Waals surface area contributed by atoms with Crippen molar-refractivity contribution in [2.75, 3.05) is 11.5 Å². The van der Waals surface area contributed by atoms with Gasteiger partial charge in [-0.1, -0.05) is 6.07 Å². The number of ether oxygens (including phenoxy) is 1. The smallest absolute Gasteiger partial charge is 0.266 e. The average Bonchev–Trinajstić information content (AvgIpc) is 3.10.